The number of rotatable bonds is 5. The van der Waals surface area contributed by atoms with Crippen LogP contribution in [0.15, 0.2) is 0 Å². The lowest BCUT2D eigenvalue weighted by Gasteiger charge is -2.35. The maximum absolute atomic E-state index is 13.1. The van der Waals surface area contributed by atoms with Crippen molar-refractivity contribution in [2.75, 3.05) is 13.6 Å². The first-order chi connectivity index (χ1) is 11.0. The minimum Gasteiger partial charge on any atom is -0.343 e. The first-order valence-electron chi connectivity index (χ1n) is 9.23. The molecular formula is C18H33N3O2. The van der Waals surface area contributed by atoms with Crippen molar-refractivity contribution in [1.29, 1.82) is 0 Å². The molecule has 0 aromatic carbocycles. The van der Waals surface area contributed by atoms with Crippen LogP contribution in [0.2, 0.25) is 0 Å². The highest BCUT2D eigenvalue weighted by Gasteiger charge is 2.39. The molecule has 5 heteroatoms. The Hall–Kier alpha value is -1.10. The molecule has 132 valence electrons. The van der Waals surface area contributed by atoms with Crippen LogP contribution in [0.3, 0.4) is 0 Å². The summed E-state index contributed by atoms with van der Waals surface area (Å²) in [5, 5.41) is 6.02. The second kappa shape index (κ2) is 8.13. The van der Waals surface area contributed by atoms with Gasteiger partial charge >= 0.3 is 0 Å². The molecule has 1 saturated carbocycles. The highest BCUT2D eigenvalue weighted by Crippen LogP contribution is 2.30. The van der Waals surface area contributed by atoms with Crippen LogP contribution in [-0.4, -0.2) is 48.4 Å². The Kier molecular flexibility index (Phi) is 6.45. The van der Waals surface area contributed by atoms with E-state index in [1.165, 1.54) is 6.42 Å². The Morgan fingerprint density at radius 1 is 1.09 bits per heavy atom. The van der Waals surface area contributed by atoms with E-state index in [1.807, 2.05) is 11.8 Å². The van der Waals surface area contributed by atoms with E-state index in [2.05, 4.69) is 24.5 Å². The smallest absolute Gasteiger partial charge is 0.245 e. The number of carbonyl (C=O) groups excluding carboxylic acids is 2. The number of carbonyl (C=O) groups is 2. The molecule has 2 fully saturated rings. The highest BCUT2D eigenvalue weighted by atomic mass is 16.2. The van der Waals surface area contributed by atoms with Crippen molar-refractivity contribution in [1.82, 2.24) is 15.5 Å². The van der Waals surface area contributed by atoms with Crippen LogP contribution in [0, 0.1) is 11.8 Å². The zero-order valence-corrected chi connectivity index (χ0v) is 15.1. The first-order valence-corrected chi connectivity index (χ1v) is 9.23. The maximum atomic E-state index is 13.1. The van der Waals surface area contributed by atoms with Gasteiger partial charge in [-0.25, -0.2) is 0 Å². The standard InChI is InChI=1S/C18H33N3O2/c1-12-10-11-21(14(12)3)18(23)16(15-8-6-5-7-9-15)20-17(22)13(2)19-4/h12-16,19H,5-11H2,1-4H3,(H,20,22)/t12-,13-,14+,16-/m0/s1. The Morgan fingerprint density at radius 2 is 1.74 bits per heavy atom. The molecule has 4 atom stereocenters. The summed E-state index contributed by atoms with van der Waals surface area (Å²) >= 11 is 0. The van der Waals surface area contributed by atoms with Gasteiger partial charge in [0.1, 0.15) is 6.04 Å². The maximum Gasteiger partial charge on any atom is 0.245 e. The molecule has 5 nitrogen and oxygen atoms in total. The van der Waals surface area contributed by atoms with Gasteiger partial charge in [-0.1, -0.05) is 26.2 Å². The number of likely N-dealkylation sites (tertiary alicyclic amines) is 1. The summed E-state index contributed by atoms with van der Waals surface area (Å²) in [6.45, 7) is 6.99. The van der Waals surface area contributed by atoms with Crippen LogP contribution in [0.1, 0.15) is 59.3 Å². The SMILES string of the molecule is CN[C@@H](C)C(=O)N[C@H](C(=O)N1CC[C@H](C)[C@H]1C)C1CCCCC1. The second-order valence-corrected chi connectivity index (χ2v) is 7.43. The number of amides is 2. The molecule has 0 aromatic heterocycles. The number of nitrogens with zero attached hydrogens (tertiary/aromatic N) is 1. The molecule has 0 unspecified atom stereocenters. The number of hydrogen-bond acceptors (Lipinski definition) is 3. The van der Waals surface area contributed by atoms with Gasteiger partial charge in [0.05, 0.1) is 6.04 Å². The predicted octanol–water partition coefficient (Wildman–Crippen LogP) is 1.92. The fourth-order valence-corrected chi connectivity index (χ4v) is 3.84. The molecule has 0 aromatic rings. The summed E-state index contributed by atoms with van der Waals surface area (Å²) in [5.74, 6) is 0.881. The molecular weight excluding hydrogens is 290 g/mol. The Morgan fingerprint density at radius 3 is 2.26 bits per heavy atom. The van der Waals surface area contributed by atoms with E-state index in [9.17, 15) is 9.59 Å². The number of nitrogens with one attached hydrogen (secondary N) is 2. The molecule has 0 radical (unpaired) electrons. The molecule has 2 amide bonds. The van der Waals surface area contributed by atoms with Crippen molar-refractivity contribution in [3.63, 3.8) is 0 Å². The summed E-state index contributed by atoms with van der Waals surface area (Å²) in [4.78, 5) is 27.5. The summed E-state index contributed by atoms with van der Waals surface area (Å²) in [7, 11) is 1.77. The van der Waals surface area contributed by atoms with Crippen molar-refractivity contribution in [3.05, 3.63) is 0 Å². The third kappa shape index (κ3) is 4.25. The third-order valence-electron chi connectivity index (χ3n) is 5.93. The van der Waals surface area contributed by atoms with Gasteiger partial charge in [0, 0.05) is 12.6 Å². The van der Waals surface area contributed by atoms with Gasteiger partial charge in [-0.05, 0) is 52.0 Å². The highest BCUT2D eigenvalue weighted by molar-refractivity contribution is 5.90. The fourth-order valence-electron chi connectivity index (χ4n) is 3.84. The van der Waals surface area contributed by atoms with Crippen LogP contribution < -0.4 is 10.6 Å². The predicted molar refractivity (Wildman–Crippen MR) is 92.0 cm³/mol. The van der Waals surface area contributed by atoms with Gasteiger partial charge in [0.2, 0.25) is 11.8 Å². The van der Waals surface area contributed by atoms with E-state index in [0.717, 1.165) is 38.6 Å². The van der Waals surface area contributed by atoms with Gasteiger partial charge in [0.15, 0.2) is 0 Å². The molecule has 0 spiro atoms. The van der Waals surface area contributed by atoms with Gasteiger partial charge in [-0.15, -0.1) is 0 Å². The summed E-state index contributed by atoms with van der Waals surface area (Å²) in [6, 6.07) is -0.359. The van der Waals surface area contributed by atoms with Crippen LogP contribution in [0.25, 0.3) is 0 Å². The Balaban J connectivity index is 2.11. The lowest BCUT2D eigenvalue weighted by Crippen LogP contribution is -2.56. The van der Waals surface area contributed by atoms with E-state index in [-0.39, 0.29) is 35.9 Å². The molecule has 2 aliphatic rings. The topological polar surface area (TPSA) is 61.4 Å². The molecule has 2 rings (SSSR count). The largest absolute Gasteiger partial charge is 0.343 e. The quantitative estimate of drug-likeness (QED) is 0.812. The molecule has 1 saturated heterocycles. The van der Waals surface area contributed by atoms with Gasteiger partial charge in [-0.3, -0.25) is 9.59 Å². The Bertz CT molecular complexity index is 420. The molecule has 0 bridgehead atoms. The van der Waals surface area contributed by atoms with E-state index in [0.29, 0.717) is 5.92 Å². The number of hydrogen-bond donors (Lipinski definition) is 2. The van der Waals surface area contributed by atoms with Crippen LogP contribution in [0.5, 0.6) is 0 Å². The van der Waals surface area contributed by atoms with Crippen molar-refractivity contribution in [3.8, 4) is 0 Å². The lowest BCUT2D eigenvalue weighted by molar-refractivity contribution is -0.139. The zero-order valence-electron chi connectivity index (χ0n) is 15.1. The molecule has 23 heavy (non-hydrogen) atoms. The van der Waals surface area contributed by atoms with E-state index in [1.54, 1.807) is 7.05 Å². The van der Waals surface area contributed by atoms with Gasteiger partial charge < -0.3 is 15.5 Å². The zero-order chi connectivity index (χ0) is 17.0. The average molecular weight is 323 g/mol. The van der Waals surface area contributed by atoms with Crippen molar-refractivity contribution < 1.29 is 9.59 Å². The molecule has 1 aliphatic carbocycles. The van der Waals surface area contributed by atoms with Gasteiger partial charge in [-0.2, -0.15) is 0 Å². The summed E-state index contributed by atoms with van der Waals surface area (Å²) in [5.41, 5.74) is 0. The third-order valence-corrected chi connectivity index (χ3v) is 5.93. The summed E-state index contributed by atoms with van der Waals surface area (Å²) < 4.78 is 0. The second-order valence-electron chi connectivity index (χ2n) is 7.43. The normalized spacial score (nSPS) is 28.4. The molecule has 1 aliphatic heterocycles. The van der Waals surface area contributed by atoms with E-state index in [4.69, 9.17) is 0 Å². The first kappa shape index (κ1) is 18.2. The van der Waals surface area contributed by atoms with Crippen molar-refractivity contribution >= 4 is 11.8 Å². The minimum atomic E-state index is -0.355. The van der Waals surface area contributed by atoms with E-state index < -0.39 is 0 Å². The number of likely N-dealkylation sites (N-methyl/N-ethyl adjacent to an activating group) is 1. The van der Waals surface area contributed by atoms with Crippen molar-refractivity contribution in [2.24, 2.45) is 11.8 Å². The minimum absolute atomic E-state index is 0.0729. The monoisotopic (exact) mass is 323 g/mol. The van der Waals surface area contributed by atoms with Crippen LogP contribution in [-0.2, 0) is 9.59 Å². The lowest BCUT2D eigenvalue weighted by atomic mass is 9.83. The molecule has 1 heterocycles. The molecule has 2 N–H and O–H groups in total. The van der Waals surface area contributed by atoms with Gasteiger partial charge in [0.25, 0.3) is 0 Å². The fraction of sp³-hybridized carbons (Fsp3) is 0.889. The average Bonchev–Trinajstić information content (AvgIpc) is 2.91. The van der Waals surface area contributed by atoms with E-state index >= 15 is 0 Å². The Labute approximate surface area is 140 Å². The van der Waals surface area contributed by atoms with Crippen LogP contribution in [0.4, 0.5) is 0 Å². The van der Waals surface area contributed by atoms with Crippen LogP contribution >= 0.6 is 0 Å². The van der Waals surface area contributed by atoms with Crippen molar-refractivity contribution in [2.45, 2.75) is 77.4 Å². The summed E-state index contributed by atoms with van der Waals surface area (Å²) in [6.07, 6.45) is 6.72.